The normalized spacial score (nSPS) is 33.7. The Kier molecular flexibility index (Phi) is 2.78. The topological polar surface area (TPSA) is 35.2 Å². The van der Waals surface area contributed by atoms with Crippen molar-refractivity contribution in [2.75, 3.05) is 0 Å². The molecular formula is C14H16F3NO. The zero-order valence-electron chi connectivity index (χ0n) is 10.4. The molecule has 0 aromatic heterocycles. The van der Waals surface area contributed by atoms with Gasteiger partial charge in [0.1, 0.15) is 5.75 Å². The molecule has 2 aliphatic rings. The van der Waals surface area contributed by atoms with Gasteiger partial charge in [-0.15, -0.1) is 0 Å². The summed E-state index contributed by atoms with van der Waals surface area (Å²) in [6, 6.07) is 5.38. The maximum atomic E-state index is 12.6. The minimum atomic E-state index is -4.32. The summed E-state index contributed by atoms with van der Waals surface area (Å²) < 4.78 is 43.3. The molecule has 0 aliphatic heterocycles. The highest BCUT2D eigenvalue weighted by atomic mass is 19.4. The van der Waals surface area contributed by atoms with E-state index < -0.39 is 11.7 Å². The van der Waals surface area contributed by atoms with Crippen LogP contribution in [0.15, 0.2) is 24.3 Å². The van der Waals surface area contributed by atoms with Crippen molar-refractivity contribution < 1.29 is 17.9 Å². The highest BCUT2D eigenvalue weighted by molar-refractivity contribution is 5.30. The molecule has 3 rings (SSSR count). The molecule has 0 saturated heterocycles. The Labute approximate surface area is 109 Å². The van der Waals surface area contributed by atoms with E-state index in [1.54, 1.807) is 6.07 Å². The van der Waals surface area contributed by atoms with Crippen LogP contribution in [0.1, 0.15) is 31.2 Å². The van der Waals surface area contributed by atoms with Crippen LogP contribution in [0.5, 0.6) is 5.75 Å². The van der Waals surface area contributed by atoms with Gasteiger partial charge in [0, 0.05) is 6.04 Å². The van der Waals surface area contributed by atoms with Crippen LogP contribution in [0.2, 0.25) is 0 Å². The van der Waals surface area contributed by atoms with E-state index in [1.165, 1.54) is 6.07 Å². The van der Waals surface area contributed by atoms with Crippen LogP contribution in [-0.4, -0.2) is 12.1 Å². The highest BCUT2D eigenvalue weighted by Gasteiger charge is 2.52. The van der Waals surface area contributed by atoms with E-state index in [2.05, 4.69) is 0 Å². The molecule has 5 heteroatoms. The fourth-order valence-electron chi connectivity index (χ4n) is 3.31. The summed E-state index contributed by atoms with van der Waals surface area (Å²) in [6.45, 7) is 0. The lowest BCUT2D eigenvalue weighted by Gasteiger charge is -2.56. The highest BCUT2D eigenvalue weighted by Crippen LogP contribution is 2.56. The van der Waals surface area contributed by atoms with E-state index in [1.807, 2.05) is 0 Å². The van der Waals surface area contributed by atoms with E-state index >= 15 is 0 Å². The average molecular weight is 271 g/mol. The van der Waals surface area contributed by atoms with Gasteiger partial charge in [-0.1, -0.05) is 6.07 Å². The first-order chi connectivity index (χ1) is 8.86. The minimum absolute atomic E-state index is 0.0379. The summed E-state index contributed by atoms with van der Waals surface area (Å²) in [7, 11) is 0. The van der Waals surface area contributed by atoms with Crippen molar-refractivity contribution in [3.8, 4) is 5.75 Å². The third-order valence-electron chi connectivity index (χ3n) is 4.18. The van der Waals surface area contributed by atoms with Crippen molar-refractivity contribution >= 4 is 0 Å². The van der Waals surface area contributed by atoms with Crippen molar-refractivity contribution in [2.45, 2.75) is 44.0 Å². The summed E-state index contributed by atoms with van der Waals surface area (Å²) in [5.41, 5.74) is 5.43. The second-order valence-electron chi connectivity index (χ2n) is 5.84. The molecule has 2 fully saturated rings. The van der Waals surface area contributed by atoms with Gasteiger partial charge < -0.3 is 10.5 Å². The molecule has 0 heterocycles. The number of ether oxygens (including phenoxy) is 1. The first-order valence-corrected chi connectivity index (χ1v) is 6.46. The average Bonchev–Trinajstić information content (AvgIpc) is 2.23. The molecule has 0 unspecified atom stereocenters. The van der Waals surface area contributed by atoms with Crippen LogP contribution in [0, 0.1) is 5.41 Å². The SMILES string of the molecule is NC1CC2(C1)CC(Oc1cccc(C(F)(F)F)c1)C2. The quantitative estimate of drug-likeness (QED) is 0.895. The maximum Gasteiger partial charge on any atom is 0.416 e. The Bertz CT molecular complexity index is 472. The summed E-state index contributed by atoms with van der Waals surface area (Å²) >= 11 is 0. The van der Waals surface area contributed by atoms with E-state index in [0.717, 1.165) is 37.8 Å². The first kappa shape index (κ1) is 12.8. The van der Waals surface area contributed by atoms with Crippen molar-refractivity contribution in [3.63, 3.8) is 0 Å². The number of benzene rings is 1. The van der Waals surface area contributed by atoms with Gasteiger partial charge in [-0.25, -0.2) is 0 Å². The summed E-state index contributed by atoms with van der Waals surface area (Å²) in [6.07, 6.45) is -0.407. The van der Waals surface area contributed by atoms with E-state index in [4.69, 9.17) is 10.5 Å². The standard InChI is InChI=1S/C14H16F3NO/c15-14(16,17)9-2-1-3-11(4-9)19-12-7-13(8-12)5-10(18)6-13/h1-4,10,12H,5-8,18H2. The van der Waals surface area contributed by atoms with Gasteiger partial charge in [0.2, 0.25) is 0 Å². The Morgan fingerprint density at radius 2 is 1.84 bits per heavy atom. The smallest absolute Gasteiger partial charge is 0.416 e. The third-order valence-corrected chi connectivity index (χ3v) is 4.18. The Morgan fingerprint density at radius 3 is 2.42 bits per heavy atom. The lowest BCUT2D eigenvalue weighted by molar-refractivity contribution is -0.137. The van der Waals surface area contributed by atoms with Crippen LogP contribution in [-0.2, 0) is 6.18 Å². The summed E-state index contributed by atoms with van der Waals surface area (Å²) in [5, 5.41) is 0. The largest absolute Gasteiger partial charge is 0.490 e. The summed E-state index contributed by atoms with van der Waals surface area (Å²) in [4.78, 5) is 0. The van der Waals surface area contributed by atoms with Gasteiger partial charge >= 0.3 is 6.18 Å². The van der Waals surface area contributed by atoms with E-state index in [0.29, 0.717) is 17.2 Å². The van der Waals surface area contributed by atoms with Crippen molar-refractivity contribution in [1.29, 1.82) is 0 Å². The lowest BCUT2D eigenvalue weighted by atomic mass is 9.53. The van der Waals surface area contributed by atoms with Gasteiger partial charge in [-0.2, -0.15) is 13.2 Å². The molecule has 1 aromatic carbocycles. The lowest BCUT2D eigenvalue weighted by Crippen LogP contribution is -2.56. The molecule has 1 aromatic rings. The molecule has 2 saturated carbocycles. The molecule has 0 bridgehead atoms. The molecule has 0 atom stereocenters. The number of rotatable bonds is 2. The molecule has 2 aliphatic carbocycles. The second-order valence-corrected chi connectivity index (χ2v) is 5.84. The van der Waals surface area contributed by atoms with Crippen LogP contribution < -0.4 is 10.5 Å². The van der Waals surface area contributed by atoms with Crippen molar-refractivity contribution in [1.82, 2.24) is 0 Å². The third kappa shape index (κ3) is 2.43. The van der Waals surface area contributed by atoms with Crippen molar-refractivity contribution in [2.24, 2.45) is 11.1 Å². The number of nitrogens with two attached hydrogens (primary N) is 1. The van der Waals surface area contributed by atoms with Gasteiger partial charge in [-0.05, 0) is 49.3 Å². The molecule has 104 valence electrons. The van der Waals surface area contributed by atoms with Gasteiger partial charge in [-0.3, -0.25) is 0 Å². The molecule has 19 heavy (non-hydrogen) atoms. The molecule has 2 N–H and O–H groups in total. The first-order valence-electron chi connectivity index (χ1n) is 6.46. The number of alkyl halides is 3. The van der Waals surface area contributed by atoms with Crippen LogP contribution >= 0.6 is 0 Å². The van der Waals surface area contributed by atoms with Crippen LogP contribution in [0.4, 0.5) is 13.2 Å². The molecular weight excluding hydrogens is 255 g/mol. The predicted octanol–water partition coefficient (Wildman–Crippen LogP) is 3.35. The minimum Gasteiger partial charge on any atom is -0.490 e. The molecule has 2 nitrogen and oxygen atoms in total. The predicted molar refractivity (Wildman–Crippen MR) is 64.7 cm³/mol. The fraction of sp³-hybridized carbons (Fsp3) is 0.571. The van der Waals surface area contributed by atoms with E-state index in [-0.39, 0.29) is 6.10 Å². The zero-order valence-corrected chi connectivity index (χ0v) is 10.4. The fourth-order valence-corrected chi connectivity index (χ4v) is 3.31. The second kappa shape index (κ2) is 4.13. The van der Waals surface area contributed by atoms with Crippen LogP contribution in [0.3, 0.4) is 0 Å². The Hall–Kier alpha value is -1.23. The molecule has 0 amide bonds. The van der Waals surface area contributed by atoms with Crippen molar-refractivity contribution in [3.05, 3.63) is 29.8 Å². The van der Waals surface area contributed by atoms with Gasteiger partial charge in [0.15, 0.2) is 0 Å². The molecule has 0 radical (unpaired) electrons. The summed E-state index contributed by atoms with van der Waals surface area (Å²) in [5.74, 6) is 0.304. The van der Waals surface area contributed by atoms with E-state index in [9.17, 15) is 13.2 Å². The number of hydrogen-bond donors (Lipinski definition) is 1. The Balaban J connectivity index is 1.60. The Morgan fingerprint density at radius 1 is 1.16 bits per heavy atom. The van der Waals surface area contributed by atoms with Gasteiger partial charge in [0.05, 0.1) is 11.7 Å². The van der Waals surface area contributed by atoms with Gasteiger partial charge in [0.25, 0.3) is 0 Å². The number of hydrogen-bond acceptors (Lipinski definition) is 2. The maximum absolute atomic E-state index is 12.6. The molecule has 1 spiro atoms. The number of halogens is 3. The van der Waals surface area contributed by atoms with Crippen LogP contribution in [0.25, 0.3) is 0 Å². The zero-order chi connectivity index (χ0) is 13.7. The monoisotopic (exact) mass is 271 g/mol.